The number of nitrogens with one attached hydrogen (secondary N) is 2. The zero-order valence-electron chi connectivity index (χ0n) is 11.8. The van der Waals surface area contributed by atoms with Gasteiger partial charge in [0.1, 0.15) is 0 Å². The first kappa shape index (κ1) is 13.2. The second kappa shape index (κ2) is 6.11. The molecule has 0 bridgehead atoms. The Balaban J connectivity index is 1.59. The summed E-state index contributed by atoms with van der Waals surface area (Å²) in [7, 11) is 0. The molecule has 20 heavy (non-hydrogen) atoms. The summed E-state index contributed by atoms with van der Waals surface area (Å²) < 4.78 is 0. The lowest BCUT2D eigenvalue weighted by molar-refractivity contribution is 0.295. The van der Waals surface area contributed by atoms with Crippen molar-refractivity contribution < 1.29 is 0 Å². The number of hydrogen-bond donors (Lipinski definition) is 2. The van der Waals surface area contributed by atoms with E-state index in [4.69, 9.17) is 0 Å². The summed E-state index contributed by atoms with van der Waals surface area (Å²) in [6.07, 6.45) is 5.11. The third-order valence-electron chi connectivity index (χ3n) is 3.82. The van der Waals surface area contributed by atoms with Gasteiger partial charge < -0.3 is 10.2 Å². The molecular formula is C16H22N4. The van der Waals surface area contributed by atoms with Gasteiger partial charge in [-0.15, -0.1) is 0 Å². The highest BCUT2D eigenvalue weighted by Crippen LogP contribution is 2.18. The van der Waals surface area contributed by atoms with Crippen molar-refractivity contribution in [2.45, 2.75) is 6.42 Å². The number of benzene rings is 1. The van der Waals surface area contributed by atoms with Crippen LogP contribution in [0.4, 0.5) is 5.69 Å². The summed E-state index contributed by atoms with van der Waals surface area (Å²) in [5.74, 6) is 0. The topological polar surface area (TPSA) is 30.5 Å². The fourth-order valence-corrected chi connectivity index (χ4v) is 2.64. The molecule has 0 radical (unpaired) electrons. The molecule has 4 nitrogen and oxygen atoms in total. The number of hydrogen-bond acceptors (Lipinski definition) is 4. The van der Waals surface area contributed by atoms with Crippen LogP contribution in [0, 0.1) is 0 Å². The highest BCUT2D eigenvalue weighted by atomic mass is 15.5. The summed E-state index contributed by atoms with van der Waals surface area (Å²) in [6.45, 7) is 9.40. The van der Waals surface area contributed by atoms with Gasteiger partial charge in [0.15, 0.2) is 0 Å². The SMILES string of the molecule is C=C(Cc1ccc(N2C=CCN2)cc1)N1CCNCC1. The molecule has 2 aliphatic heterocycles. The first-order valence-corrected chi connectivity index (χ1v) is 7.25. The van der Waals surface area contributed by atoms with Crippen molar-refractivity contribution >= 4 is 5.69 Å². The van der Waals surface area contributed by atoms with Gasteiger partial charge >= 0.3 is 0 Å². The van der Waals surface area contributed by atoms with Gasteiger partial charge in [0, 0.05) is 51.0 Å². The maximum absolute atomic E-state index is 4.24. The molecule has 1 fully saturated rings. The van der Waals surface area contributed by atoms with E-state index < -0.39 is 0 Å². The summed E-state index contributed by atoms with van der Waals surface area (Å²) in [6, 6.07) is 8.69. The van der Waals surface area contributed by atoms with Crippen LogP contribution in [0.15, 0.2) is 48.8 Å². The monoisotopic (exact) mass is 270 g/mol. The molecule has 1 aromatic rings. The standard InChI is InChI=1S/C16H22N4/c1-14(19-11-8-17-9-12-19)13-15-3-5-16(6-4-15)20-10-2-7-18-20/h2-6,10,17-18H,1,7-9,11-13H2. The normalized spacial score (nSPS) is 18.6. The molecule has 0 aliphatic carbocycles. The van der Waals surface area contributed by atoms with Crippen LogP contribution in [0.1, 0.15) is 5.56 Å². The Morgan fingerprint density at radius 3 is 2.55 bits per heavy atom. The van der Waals surface area contributed by atoms with E-state index in [1.165, 1.54) is 16.9 Å². The predicted molar refractivity (Wildman–Crippen MR) is 83.4 cm³/mol. The molecule has 0 atom stereocenters. The van der Waals surface area contributed by atoms with Gasteiger partial charge in [0.05, 0.1) is 5.69 Å². The number of anilines is 1. The fourth-order valence-electron chi connectivity index (χ4n) is 2.64. The molecule has 2 aliphatic rings. The van der Waals surface area contributed by atoms with Crippen molar-refractivity contribution in [3.63, 3.8) is 0 Å². The number of allylic oxidation sites excluding steroid dienone is 1. The summed E-state index contributed by atoms with van der Waals surface area (Å²) in [5, 5.41) is 5.42. The Bertz CT molecular complexity index is 486. The molecule has 0 unspecified atom stereocenters. The van der Waals surface area contributed by atoms with E-state index in [0.29, 0.717) is 0 Å². The van der Waals surface area contributed by atoms with Crippen molar-refractivity contribution in [2.24, 2.45) is 0 Å². The van der Waals surface area contributed by atoms with Crippen LogP contribution in [0.5, 0.6) is 0 Å². The van der Waals surface area contributed by atoms with Crippen molar-refractivity contribution in [1.82, 2.24) is 15.6 Å². The molecule has 4 heteroatoms. The highest BCUT2D eigenvalue weighted by Gasteiger charge is 2.12. The quantitative estimate of drug-likeness (QED) is 0.868. The molecule has 1 aromatic carbocycles. The predicted octanol–water partition coefficient (Wildman–Crippen LogP) is 1.49. The van der Waals surface area contributed by atoms with Gasteiger partial charge in [0.25, 0.3) is 0 Å². The minimum atomic E-state index is 0.904. The van der Waals surface area contributed by atoms with E-state index in [9.17, 15) is 0 Å². The van der Waals surface area contributed by atoms with E-state index in [-0.39, 0.29) is 0 Å². The molecule has 3 rings (SSSR count). The molecule has 0 aromatic heterocycles. The van der Waals surface area contributed by atoms with Gasteiger partial charge in [-0.1, -0.05) is 24.8 Å². The lowest BCUT2D eigenvalue weighted by Crippen LogP contribution is -2.42. The van der Waals surface area contributed by atoms with Crippen LogP contribution >= 0.6 is 0 Å². The van der Waals surface area contributed by atoms with Gasteiger partial charge in [-0.05, 0) is 17.7 Å². The van der Waals surface area contributed by atoms with Gasteiger partial charge in [0.2, 0.25) is 0 Å². The van der Waals surface area contributed by atoms with Crippen LogP contribution < -0.4 is 15.8 Å². The van der Waals surface area contributed by atoms with Crippen LogP contribution in [0.25, 0.3) is 0 Å². The number of hydrazine groups is 1. The smallest absolute Gasteiger partial charge is 0.0570 e. The number of piperazine rings is 1. The third-order valence-corrected chi connectivity index (χ3v) is 3.82. The minimum absolute atomic E-state index is 0.904. The second-order valence-corrected chi connectivity index (χ2v) is 5.26. The van der Waals surface area contributed by atoms with E-state index in [1.54, 1.807) is 0 Å². The molecule has 0 saturated carbocycles. The Hall–Kier alpha value is -1.78. The molecule has 0 amide bonds. The van der Waals surface area contributed by atoms with E-state index >= 15 is 0 Å². The van der Waals surface area contributed by atoms with Crippen LogP contribution in [0.2, 0.25) is 0 Å². The number of nitrogens with zero attached hydrogens (tertiary/aromatic N) is 2. The van der Waals surface area contributed by atoms with Crippen LogP contribution in [0.3, 0.4) is 0 Å². The summed E-state index contributed by atoms with van der Waals surface area (Å²) in [5.41, 5.74) is 6.99. The molecule has 2 heterocycles. The Labute approximate surface area is 120 Å². The maximum Gasteiger partial charge on any atom is 0.0570 e. The fraction of sp³-hybridized carbons (Fsp3) is 0.375. The van der Waals surface area contributed by atoms with Gasteiger partial charge in [-0.25, -0.2) is 5.43 Å². The summed E-state index contributed by atoms with van der Waals surface area (Å²) in [4.78, 5) is 2.38. The van der Waals surface area contributed by atoms with Crippen LogP contribution in [-0.4, -0.2) is 37.6 Å². The molecule has 0 spiro atoms. The van der Waals surface area contributed by atoms with Crippen molar-refractivity contribution in [3.8, 4) is 0 Å². The molecule has 106 valence electrons. The van der Waals surface area contributed by atoms with Crippen LogP contribution in [-0.2, 0) is 6.42 Å². The lowest BCUT2D eigenvalue weighted by Gasteiger charge is -2.31. The maximum atomic E-state index is 4.24. The van der Waals surface area contributed by atoms with E-state index in [0.717, 1.165) is 39.1 Å². The molecular weight excluding hydrogens is 248 g/mol. The zero-order chi connectivity index (χ0) is 13.8. The first-order chi connectivity index (χ1) is 9.83. The Morgan fingerprint density at radius 2 is 1.90 bits per heavy atom. The highest BCUT2D eigenvalue weighted by molar-refractivity contribution is 5.50. The summed E-state index contributed by atoms with van der Waals surface area (Å²) >= 11 is 0. The molecule has 1 saturated heterocycles. The van der Waals surface area contributed by atoms with E-state index in [2.05, 4.69) is 63.8 Å². The van der Waals surface area contributed by atoms with Crippen molar-refractivity contribution in [3.05, 3.63) is 54.4 Å². The first-order valence-electron chi connectivity index (χ1n) is 7.25. The van der Waals surface area contributed by atoms with Crippen molar-refractivity contribution in [1.29, 1.82) is 0 Å². The van der Waals surface area contributed by atoms with Gasteiger partial charge in [-0.2, -0.15) is 0 Å². The van der Waals surface area contributed by atoms with E-state index in [1.807, 2.05) is 0 Å². The largest absolute Gasteiger partial charge is 0.372 e. The average Bonchev–Trinajstić information content (AvgIpc) is 3.03. The van der Waals surface area contributed by atoms with Crippen molar-refractivity contribution in [2.75, 3.05) is 37.7 Å². The lowest BCUT2D eigenvalue weighted by atomic mass is 10.1. The average molecular weight is 270 g/mol. The minimum Gasteiger partial charge on any atom is -0.372 e. The third kappa shape index (κ3) is 3.03. The Morgan fingerprint density at radius 1 is 1.15 bits per heavy atom. The number of rotatable bonds is 4. The second-order valence-electron chi connectivity index (χ2n) is 5.26. The zero-order valence-corrected chi connectivity index (χ0v) is 11.8. The Kier molecular flexibility index (Phi) is 4.04. The van der Waals surface area contributed by atoms with Gasteiger partial charge in [-0.3, -0.25) is 5.01 Å². The molecule has 2 N–H and O–H groups in total.